The van der Waals surface area contributed by atoms with Gasteiger partial charge in [-0.1, -0.05) is 30.3 Å². The first-order valence-corrected chi connectivity index (χ1v) is 7.48. The van der Waals surface area contributed by atoms with Gasteiger partial charge in [0.25, 0.3) is 0 Å². The van der Waals surface area contributed by atoms with Crippen molar-refractivity contribution in [3.8, 4) is 0 Å². The number of Topliss-reactive ketones (excluding diaryl/α,β-unsaturated/α-hetero) is 2. The Bertz CT molecular complexity index is 447. The number of nitrogens with zero attached hydrogens (tertiary/aromatic N) is 1. The fourth-order valence-corrected chi connectivity index (χ4v) is 2.79. The van der Waals surface area contributed by atoms with Crippen LogP contribution in [0.15, 0.2) is 30.3 Å². The molecule has 0 radical (unpaired) electrons. The highest BCUT2D eigenvalue weighted by atomic mass is 16.1. The monoisotopic (exact) mass is 273 g/mol. The van der Waals surface area contributed by atoms with Gasteiger partial charge in [-0.15, -0.1) is 0 Å². The first-order chi connectivity index (χ1) is 9.66. The van der Waals surface area contributed by atoms with Crippen molar-refractivity contribution in [3.05, 3.63) is 35.9 Å². The van der Waals surface area contributed by atoms with Crippen LogP contribution in [0.5, 0.6) is 0 Å². The van der Waals surface area contributed by atoms with E-state index in [1.165, 1.54) is 0 Å². The third-order valence-corrected chi connectivity index (χ3v) is 4.14. The van der Waals surface area contributed by atoms with Crippen LogP contribution in [0.4, 0.5) is 0 Å². The lowest BCUT2D eigenvalue weighted by atomic mass is 9.93. The molecule has 1 fully saturated rings. The van der Waals surface area contributed by atoms with Crippen LogP contribution in [-0.2, 0) is 4.79 Å². The fourth-order valence-electron chi connectivity index (χ4n) is 2.79. The minimum absolute atomic E-state index is 0.226. The van der Waals surface area contributed by atoms with E-state index >= 15 is 0 Å². The van der Waals surface area contributed by atoms with Gasteiger partial charge in [0.15, 0.2) is 5.78 Å². The molecule has 1 aliphatic heterocycles. The van der Waals surface area contributed by atoms with Crippen molar-refractivity contribution in [2.75, 3.05) is 19.6 Å². The minimum Gasteiger partial charge on any atom is -0.303 e. The van der Waals surface area contributed by atoms with Gasteiger partial charge < -0.3 is 4.90 Å². The molecule has 3 heteroatoms. The average molecular weight is 273 g/mol. The quantitative estimate of drug-likeness (QED) is 0.748. The SMILES string of the molecule is CC(=O)C1CCN(CCCC(=O)c2ccccc2)CC1. The molecule has 108 valence electrons. The highest BCUT2D eigenvalue weighted by Gasteiger charge is 2.21. The van der Waals surface area contributed by atoms with Crippen LogP contribution < -0.4 is 0 Å². The zero-order valence-electron chi connectivity index (χ0n) is 12.2. The van der Waals surface area contributed by atoms with E-state index in [9.17, 15) is 9.59 Å². The molecule has 1 heterocycles. The Hall–Kier alpha value is -1.48. The van der Waals surface area contributed by atoms with Crippen molar-refractivity contribution in [2.24, 2.45) is 5.92 Å². The van der Waals surface area contributed by atoms with Crippen LogP contribution in [0, 0.1) is 5.92 Å². The minimum atomic E-state index is 0.226. The Balaban J connectivity index is 1.67. The van der Waals surface area contributed by atoms with Gasteiger partial charge in [0, 0.05) is 17.9 Å². The predicted octanol–water partition coefficient (Wildman–Crippen LogP) is 2.95. The molecule has 0 bridgehead atoms. The van der Waals surface area contributed by atoms with Crippen LogP contribution in [-0.4, -0.2) is 36.1 Å². The second-order valence-electron chi connectivity index (χ2n) is 5.62. The van der Waals surface area contributed by atoms with Crippen molar-refractivity contribution < 1.29 is 9.59 Å². The normalized spacial score (nSPS) is 17.1. The molecular weight excluding hydrogens is 250 g/mol. The van der Waals surface area contributed by atoms with Gasteiger partial charge in [0.1, 0.15) is 5.78 Å². The summed E-state index contributed by atoms with van der Waals surface area (Å²) in [6.07, 6.45) is 3.46. The second kappa shape index (κ2) is 7.34. The summed E-state index contributed by atoms with van der Waals surface area (Å²) in [5.41, 5.74) is 0.808. The van der Waals surface area contributed by atoms with Gasteiger partial charge >= 0.3 is 0 Å². The van der Waals surface area contributed by atoms with E-state index in [1.807, 2.05) is 30.3 Å². The Labute approximate surface area is 121 Å². The van der Waals surface area contributed by atoms with Crippen LogP contribution in [0.3, 0.4) is 0 Å². The molecule has 0 aromatic heterocycles. The van der Waals surface area contributed by atoms with Crippen molar-refractivity contribution in [3.63, 3.8) is 0 Å². The molecule has 1 aromatic rings. The Kier molecular flexibility index (Phi) is 5.48. The summed E-state index contributed by atoms with van der Waals surface area (Å²) in [7, 11) is 0. The molecule has 0 amide bonds. The fraction of sp³-hybridized carbons (Fsp3) is 0.529. The van der Waals surface area contributed by atoms with Gasteiger partial charge in [0.05, 0.1) is 0 Å². The lowest BCUT2D eigenvalue weighted by molar-refractivity contribution is -0.122. The molecule has 0 aliphatic carbocycles. The number of hydrogen-bond donors (Lipinski definition) is 0. The first kappa shape index (κ1) is 14.9. The Morgan fingerprint density at radius 3 is 2.40 bits per heavy atom. The highest BCUT2D eigenvalue weighted by molar-refractivity contribution is 5.95. The number of carbonyl (C=O) groups excluding carboxylic acids is 2. The van der Waals surface area contributed by atoms with Gasteiger partial charge in [0.2, 0.25) is 0 Å². The summed E-state index contributed by atoms with van der Waals surface area (Å²) >= 11 is 0. The third-order valence-electron chi connectivity index (χ3n) is 4.14. The largest absolute Gasteiger partial charge is 0.303 e. The summed E-state index contributed by atoms with van der Waals surface area (Å²) < 4.78 is 0. The smallest absolute Gasteiger partial charge is 0.162 e. The molecule has 1 aromatic carbocycles. The molecule has 3 nitrogen and oxygen atoms in total. The molecular formula is C17H23NO2. The number of rotatable bonds is 6. The van der Waals surface area contributed by atoms with E-state index in [-0.39, 0.29) is 11.7 Å². The van der Waals surface area contributed by atoms with Crippen molar-refractivity contribution in [1.29, 1.82) is 0 Å². The summed E-state index contributed by atoms with van der Waals surface area (Å²) in [6.45, 7) is 4.63. The molecule has 0 spiro atoms. The van der Waals surface area contributed by atoms with Crippen molar-refractivity contribution in [2.45, 2.75) is 32.6 Å². The number of piperidine rings is 1. The lowest BCUT2D eigenvalue weighted by Gasteiger charge is -2.30. The van der Waals surface area contributed by atoms with E-state index in [4.69, 9.17) is 0 Å². The predicted molar refractivity (Wildman–Crippen MR) is 79.9 cm³/mol. The number of benzene rings is 1. The summed E-state index contributed by atoms with van der Waals surface area (Å²) in [5, 5.41) is 0. The van der Waals surface area contributed by atoms with Crippen molar-refractivity contribution >= 4 is 11.6 Å². The maximum Gasteiger partial charge on any atom is 0.162 e. The second-order valence-corrected chi connectivity index (χ2v) is 5.62. The maximum absolute atomic E-state index is 12.0. The van der Waals surface area contributed by atoms with Crippen LogP contribution in [0.1, 0.15) is 43.0 Å². The molecule has 0 saturated carbocycles. The molecule has 0 unspecified atom stereocenters. The highest BCUT2D eigenvalue weighted by Crippen LogP contribution is 2.18. The Morgan fingerprint density at radius 2 is 1.80 bits per heavy atom. The van der Waals surface area contributed by atoms with E-state index in [2.05, 4.69) is 4.90 Å². The Morgan fingerprint density at radius 1 is 1.15 bits per heavy atom. The molecule has 1 saturated heterocycles. The number of carbonyl (C=O) groups is 2. The molecule has 0 N–H and O–H groups in total. The number of ketones is 2. The lowest BCUT2D eigenvalue weighted by Crippen LogP contribution is -2.36. The maximum atomic E-state index is 12.0. The zero-order chi connectivity index (χ0) is 14.4. The van der Waals surface area contributed by atoms with E-state index < -0.39 is 0 Å². The van der Waals surface area contributed by atoms with Gasteiger partial charge in [-0.3, -0.25) is 9.59 Å². The standard InChI is InChI=1S/C17H23NO2/c1-14(19)15-9-12-18(13-10-15)11-5-8-17(20)16-6-3-2-4-7-16/h2-4,6-7,15H,5,8-13H2,1H3. The van der Waals surface area contributed by atoms with Gasteiger partial charge in [-0.05, 0) is 45.8 Å². The molecule has 20 heavy (non-hydrogen) atoms. The summed E-state index contributed by atoms with van der Waals surface area (Å²) in [4.78, 5) is 25.6. The van der Waals surface area contributed by atoms with Crippen LogP contribution in [0.2, 0.25) is 0 Å². The number of likely N-dealkylation sites (tertiary alicyclic amines) is 1. The van der Waals surface area contributed by atoms with E-state index in [1.54, 1.807) is 6.92 Å². The number of hydrogen-bond acceptors (Lipinski definition) is 3. The van der Waals surface area contributed by atoms with Crippen molar-refractivity contribution in [1.82, 2.24) is 4.90 Å². The summed E-state index contributed by atoms with van der Waals surface area (Å²) in [6, 6.07) is 9.48. The summed E-state index contributed by atoms with van der Waals surface area (Å²) in [5.74, 6) is 0.810. The third kappa shape index (κ3) is 4.27. The molecule has 0 atom stereocenters. The molecule has 2 rings (SSSR count). The van der Waals surface area contributed by atoms with Gasteiger partial charge in [-0.25, -0.2) is 0 Å². The van der Waals surface area contributed by atoms with Crippen LogP contribution >= 0.6 is 0 Å². The molecule has 1 aliphatic rings. The first-order valence-electron chi connectivity index (χ1n) is 7.48. The zero-order valence-corrected chi connectivity index (χ0v) is 12.2. The van der Waals surface area contributed by atoms with Gasteiger partial charge in [-0.2, -0.15) is 0 Å². The van der Waals surface area contributed by atoms with Crippen LogP contribution in [0.25, 0.3) is 0 Å². The topological polar surface area (TPSA) is 37.4 Å². The van der Waals surface area contributed by atoms with E-state index in [0.29, 0.717) is 12.2 Å². The van der Waals surface area contributed by atoms with E-state index in [0.717, 1.165) is 44.5 Å². The average Bonchev–Trinajstić information content (AvgIpc) is 2.48.